The lowest BCUT2D eigenvalue weighted by Gasteiger charge is -2.11. The van der Waals surface area contributed by atoms with E-state index in [4.69, 9.17) is 21.1 Å². The Hall–Kier alpha value is -3.03. The number of halogens is 1. The van der Waals surface area contributed by atoms with Crippen LogP contribution in [0.2, 0.25) is 5.02 Å². The normalized spacial score (nSPS) is 11.0. The minimum Gasteiger partial charge on any atom is -0.462 e. The number of hydrogen-bond acceptors (Lipinski definition) is 5. The summed E-state index contributed by atoms with van der Waals surface area (Å²) in [5.74, 6) is 0.593. The van der Waals surface area contributed by atoms with Crippen LogP contribution in [0.25, 0.3) is 0 Å². The van der Waals surface area contributed by atoms with Gasteiger partial charge < -0.3 is 9.47 Å². The molecule has 1 N–H and O–H groups in total. The van der Waals surface area contributed by atoms with Gasteiger partial charge in [0, 0.05) is 0 Å². The van der Waals surface area contributed by atoms with Crippen LogP contribution in [0.15, 0.2) is 77.7 Å². The van der Waals surface area contributed by atoms with Crippen LogP contribution in [0.5, 0.6) is 11.5 Å². The van der Waals surface area contributed by atoms with Gasteiger partial charge in [-0.2, -0.15) is 0 Å². The quantitative estimate of drug-likeness (QED) is 0.525. The fourth-order valence-corrected chi connectivity index (χ4v) is 3.79. The predicted molar refractivity (Wildman–Crippen MR) is 111 cm³/mol. The highest BCUT2D eigenvalue weighted by Gasteiger charge is 2.17. The van der Waals surface area contributed by atoms with E-state index in [0.717, 1.165) is 0 Å². The molecule has 0 heterocycles. The predicted octanol–water partition coefficient (Wildman–Crippen LogP) is 5.11. The molecule has 0 aliphatic carbocycles. The maximum absolute atomic E-state index is 12.6. The molecule has 0 unspecified atom stereocenters. The molecule has 0 aliphatic heterocycles. The number of nitrogens with one attached hydrogen (secondary N) is 1. The number of para-hydroxylation sites is 1. The average molecular weight is 432 g/mol. The zero-order valence-corrected chi connectivity index (χ0v) is 17.0. The number of hydrogen-bond donors (Lipinski definition) is 1. The fraction of sp³-hybridized carbons (Fsp3) is 0.0952. The van der Waals surface area contributed by atoms with Crippen LogP contribution in [0.1, 0.15) is 17.3 Å². The molecular formula is C21H18ClNO5S. The first kappa shape index (κ1) is 20.7. The molecule has 0 aromatic heterocycles. The summed E-state index contributed by atoms with van der Waals surface area (Å²) in [6, 6.07) is 19.4. The Labute approximate surface area is 174 Å². The summed E-state index contributed by atoms with van der Waals surface area (Å²) >= 11 is 6.08. The standard InChI is InChI=1S/C21H18ClNO5S/c1-2-27-21(24)19-13-8-15(14-20(19)22)23-29(25,26)18-11-9-17(10-12-18)28-16-6-4-3-5-7-16/h3-14,23H,2H2,1H3. The van der Waals surface area contributed by atoms with Crippen molar-refractivity contribution < 1.29 is 22.7 Å². The topological polar surface area (TPSA) is 81.7 Å². The summed E-state index contributed by atoms with van der Waals surface area (Å²) in [4.78, 5) is 11.8. The Balaban J connectivity index is 1.74. The van der Waals surface area contributed by atoms with Crippen LogP contribution in [-0.4, -0.2) is 21.0 Å². The molecule has 8 heteroatoms. The highest BCUT2D eigenvalue weighted by atomic mass is 35.5. The van der Waals surface area contributed by atoms with E-state index in [0.29, 0.717) is 11.5 Å². The summed E-state index contributed by atoms with van der Waals surface area (Å²) in [6.07, 6.45) is 0. The minimum absolute atomic E-state index is 0.0588. The maximum Gasteiger partial charge on any atom is 0.339 e. The molecule has 0 amide bonds. The first-order valence-corrected chi connectivity index (χ1v) is 10.6. The Bertz CT molecular complexity index is 1100. The molecule has 0 saturated heterocycles. The molecule has 3 rings (SSSR count). The van der Waals surface area contributed by atoms with Crippen molar-refractivity contribution in [1.82, 2.24) is 0 Å². The van der Waals surface area contributed by atoms with Gasteiger partial charge in [0.1, 0.15) is 11.5 Å². The molecule has 0 spiro atoms. The van der Waals surface area contributed by atoms with Crippen molar-refractivity contribution in [2.24, 2.45) is 0 Å². The van der Waals surface area contributed by atoms with Crippen LogP contribution in [0.4, 0.5) is 5.69 Å². The van der Waals surface area contributed by atoms with E-state index in [1.165, 1.54) is 30.3 Å². The Morgan fingerprint density at radius 2 is 1.62 bits per heavy atom. The van der Waals surface area contributed by atoms with Gasteiger partial charge in [-0.15, -0.1) is 0 Å². The molecule has 0 fully saturated rings. The minimum atomic E-state index is -3.84. The van der Waals surface area contributed by atoms with E-state index in [1.54, 1.807) is 31.2 Å². The zero-order chi connectivity index (χ0) is 20.9. The van der Waals surface area contributed by atoms with Gasteiger partial charge in [0.25, 0.3) is 10.0 Å². The van der Waals surface area contributed by atoms with E-state index in [2.05, 4.69) is 4.72 Å². The van der Waals surface area contributed by atoms with Gasteiger partial charge in [-0.3, -0.25) is 4.72 Å². The number of rotatable bonds is 7. The number of carbonyl (C=O) groups is 1. The first-order chi connectivity index (χ1) is 13.9. The van der Waals surface area contributed by atoms with Crippen molar-refractivity contribution in [2.75, 3.05) is 11.3 Å². The molecule has 3 aromatic carbocycles. The van der Waals surface area contributed by atoms with Gasteiger partial charge in [-0.1, -0.05) is 29.8 Å². The lowest BCUT2D eigenvalue weighted by Crippen LogP contribution is -2.13. The highest BCUT2D eigenvalue weighted by Crippen LogP contribution is 2.26. The van der Waals surface area contributed by atoms with Crippen molar-refractivity contribution in [3.05, 3.63) is 83.4 Å². The third kappa shape index (κ3) is 5.28. The summed E-state index contributed by atoms with van der Waals surface area (Å²) in [7, 11) is -3.84. The van der Waals surface area contributed by atoms with Crippen LogP contribution in [-0.2, 0) is 14.8 Å². The van der Waals surface area contributed by atoms with Gasteiger partial charge in [0.2, 0.25) is 0 Å². The number of anilines is 1. The van der Waals surface area contributed by atoms with Crippen molar-refractivity contribution in [3.63, 3.8) is 0 Å². The van der Waals surface area contributed by atoms with Crippen LogP contribution < -0.4 is 9.46 Å². The van der Waals surface area contributed by atoms with Crippen LogP contribution >= 0.6 is 11.6 Å². The number of esters is 1. The second-order valence-electron chi connectivity index (χ2n) is 5.91. The van der Waals surface area contributed by atoms with E-state index < -0.39 is 16.0 Å². The Morgan fingerprint density at radius 3 is 2.24 bits per heavy atom. The third-order valence-corrected chi connectivity index (χ3v) is 5.54. The van der Waals surface area contributed by atoms with Gasteiger partial charge in [0.05, 0.1) is 27.8 Å². The van der Waals surface area contributed by atoms with Crippen molar-refractivity contribution in [1.29, 1.82) is 0 Å². The number of sulfonamides is 1. The van der Waals surface area contributed by atoms with Gasteiger partial charge >= 0.3 is 5.97 Å². The SMILES string of the molecule is CCOC(=O)c1ccc(NS(=O)(=O)c2ccc(Oc3ccccc3)cc2)cc1Cl. The molecule has 0 radical (unpaired) electrons. The Kier molecular flexibility index (Phi) is 6.41. The van der Waals surface area contributed by atoms with Gasteiger partial charge in [0.15, 0.2) is 0 Å². The van der Waals surface area contributed by atoms with Crippen molar-refractivity contribution in [2.45, 2.75) is 11.8 Å². The van der Waals surface area contributed by atoms with E-state index in [9.17, 15) is 13.2 Å². The second-order valence-corrected chi connectivity index (χ2v) is 8.00. The van der Waals surface area contributed by atoms with Gasteiger partial charge in [-0.05, 0) is 61.5 Å². The monoisotopic (exact) mass is 431 g/mol. The summed E-state index contributed by atoms with van der Waals surface area (Å²) in [5.41, 5.74) is 0.395. The molecule has 6 nitrogen and oxygen atoms in total. The summed E-state index contributed by atoms with van der Waals surface area (Å²) in [5, 5.41) is 0.0928. The van der Waals surface area contributed by atoms with E-state index in [1.807, 2.05) is 18.2 Å². The number of benzene rings is 3. The molecule has 0 bridgehead atoms. The molecule has 150 valence electrons. The van der Waals surface area contributed by atoms with Crippen LogP contribution in [0, 0.1) is 0 Å². The second kappa shape index (κ2) is 8.98. The van der Waals surface area contributed by atoms with Crippen LogP contribution in [0.3, 0.4) is 0 Å². The molecule has 3 aromatic rings. The third-order valence-electron chi connectivity index (χ3n) is 3.83. The summed E-state index contributed by atoms with van der Waals surface area (Å²) in [6.45, 7) is 1.90. The lowest BCUT2D eigenvalue weighted by atomic mass is 10.2. The van der Waals surface area contributed by atoms with Gasteiger partial charge in [-0.25, -0.2) is 13.2 Å². The number of carbonyl (C=O) groups excluding carboxylic acids is 1. The molecular weight excluding hydrogens is 414 g/mol. The first-order valence-electron chi connectivity index (χ1n) is 8.71. The highest BCUT2D eigenvalue weighted by molar-refractivity contribution is 7.92. The molecule has 0 atom stereocenters. The fourth-order valence-electron chi connectivity index (χ4n) is 2.48. The van der Waals surface area contributed by atoms with E-state index >= 15 is 0 Å². The molecule has 0 aliphatic rings. The molecule has 0 saturated carbocycles. The lowest BCUT2D eigenvalue weighted by molar-refractivity contribution is 0.0526. The molecule has 29 heavy (non-hydrogen) atoms. The average Bonchev–Trinajstić information content (AvgIpc) is 2.69. The van der Waals surface area contributed by atoms with Crippen molar-refractivity contribution in [3.8, 4) is 11.5 Å². The smallest absolute Gasteiger partial charge is 0.339 e. The summed E-state index contributed by atoms with van der Waals surface area (Å²) < 4.78 is 38.2. The Morgan fingerprint density at radius 1 is 0.966 bits per heavy atom. The zero-order valence-electron chi connectivity index (χ0n) is 15.5. The maximum atomic E-state index is 12.6. The van der Waals surface area contributed by atoms with Crippen molar-refractivity contribution >= 4 is 33.3 Å². The largest absolute Gasteiger partial charge is 0.462 e. The number of ether oxygens (including phenoxy) is 2. The van der Waals surface area contributed by atoms with E-state index in [-0.39, 0.29) is 27.8 Å².